The minimum atomic E-state index is -0.164. The minimum Gasteiger partial charge on any atom is -0.491 e. The van der Waals surface area contributed by atoms with E-state index in [0.29, 0.717) is 18.0 Å². The van der Waals surface area contributed by atoms with E-state index in [1.54, 1.807) is 29.1 Å². The first-order chi connectivity index (χ1) is 11.6. The number of nitrogens with zero attached hydrogens (tertiary/aromatic N) is 2. The van der Waals surface area contributed by atoms with Crippen LogP contribution >= 0.6 is 0 Å². The van der Waals surface area contributed by atoms with Crippen LogP contribution in [0.5, 0.6) is 5.75 Å². The zero-order valence-electron chi connectivity index (χ0n) is 14.1. The van der Waals surface area contributed by atoms with Gasteiger partial charge in [0, 0.05) is 24.3 Å². The highest BCUT2D eigenvalue weighted by atomic mass is 16.5. The summed E-state index contributed by atoms with van der Waals surface area (Å²) in [5, 5.41) is 7.09. The summed E-state index contributed by atoms with van der Waals surface area (Å²) in [7, 11) is 0. The van der Waals surface area contributed by atoms with Gasteiger partial charge in [-0.05, 0) is 51.0 Å². The standard InChI is InChI=1S/C18H23N3O3/c1-13(2)21-17(9-10-19-21)20-18(22)14-5-7-15(8-6-14)24-12-16-4-3-11-23-16/h5-10,13,16H,3-4,11-12H2,1-2H3,(H,20,22). The molecule has 1 aliphatic heterocycles. The number of anilines is 1. The van der Waals surface area contributed by atoms with Crippen LogP contribution in [0.25, 0.3) is 0 Å². The Labute approximate surface area is 141 Å². The van der Waals surface area contributed by atoms with Crippen LogP contribution < -0.4 is 10.1 Å². The molecule has 1 aliphatic rings. The second kappa shape index (κ2) is 7.49. The first-order valence-electron chi connectivity index (χ1n) is 8.33. The normalized spacial score (nSPS) is 17.2. The number of nitrogens with one attached hydrogen (secondary N) is 1. The smallest absolute Gasteiger partial charge is 0.256 e. The van der Waals surface area contributed by atoms with Gasteiger partial charge in [-0.3, -0.25) is 4.79 Å². The summed E-state index contributed by atoms with van der Waals surface area (Å²) in [6, 6.07) is 9.11. The predicted octanol–water partition coefficient (Wildman–Crippen LogP) is 3.27. The summed E-state index contributed by atoms with van der Waals surface area (Å²) in [6.45, 7) is 5.41. The minimum absolute atomic E-state index is 0.164. The van der Waals surface area contributed by atoms with E-state index in [2.05, 4.69) is 10.4 Å². The number of carbonyl (C=O) groups is 1. The molecule has 24 heavy (non-hydrogen) atoms. The van der Waals surface area contributed by atoms with Crippen LogP contribution in [0.2, 0.25) is 0 Å². The van der Waals surface area contributed by atoms with Crippen molar-refractivity contribution in [3.8, 4) is 5.75 Å². The molecule has 1 amide bonds. The third-order valence-corrected chi connectivity index (χ3v) is 3.98. The molecule has 128 valence electrons. The number of ether oxygens (including phenoxy) is 2. The molecule has 0 aliphatic carbocycles. The van der Waals surface area contributed by atoms with Crippen molar-refractivity contribution < 1.29 is 14.3 Å². The third kappa shape index (κ3) is 3.94. The van der Waals surface area contributed by atoms with Crippen LogP contribution in [0.3, 0.4) is 0 Å². The summed E-state index contributed by atoms with van der Waals surface area (Å²) in [5.74, 6) is 1.27. The van der Waals surface area contributed by atoms with Gasteiger partial charge in [-0.1, -0.05) is 0 Å². The summed E-state index contributed by atoms with van der Waals surface area (Å²) >= 11 is 0. The van der Waals surface area contributed by atoms with Crippen LogP contribution in [-0.4, -0.2) is 35.0 Å². The highest BCUT2D eigenvalue weighted by molar-refractivity contribution is 6.03. The van der Waals surface area contributed by atoms with E-state index in [-0.39, 0.29) is 18.1 Å². The molecule has 3 rings (SSSR count). The van der Waals surface area contributed by atoms with Crippen molar-refractivity contribution >= 4 is 11.7 Å². The number of benzene rings is 1. The van der Waals surface area contributed by atoms with Crippen molar-refractivity contribution in [3.05, 3.63) is 42.1 Å². The SMILES string of the molecule is CC(C)n1nccc1NC(=O)c1ccc(OCC2CCCO2)cc1. The maximum Gasteiger partial charge on any atom is 0.256 e. The average Bonchev–Trinajstić information content (AvgIpc) is 3.25. The zero-order valence-corrected chi connectivity index (χ0v) is 14.1. The Morgan fingerprint density at radius 2 is 2.17 bits per heavy atom. The molecule has 1 saturated heterocycles. The molecule has 0 saturated carbocycles. The molecule has 2 heterocycles. The summed E-state index contributed by atoms with van der Waals surface area (Å²) in [5.41, 5.74) is 0.580. The summed E-state index contributed by atoms with van der Waals surface area (Å²) in [4.78, 5) is 12.4. The van der Waals surface area contributed by atoms with Crippen molar-refractivity contribution in [2.45, 2.75) is 38.8 Å². The first-order valence-corrected chi connectivity index (χ1v) is 8.33. The number of hydrogen-bond acceptors (Lipinski definition) is 4. The van der Waals surface area contributed by atoms with Gasteiger partial charge in [-0.15, -0.1) is 0 Å². The lowest BCUT2D eigenvalue weighted by Crippen LogP contribution is -2.17. The Kier molecular flexibility index (Phi) is 5.15. The molecule has 2 aromatic rings. The van der Waals surface area contributed by atoms with Crippen molar-refractivity contribution in [2.75, 3.05) is 18.5 Å². The Morgan fingerprint density at radius 3 is 2.83 bits per heavy atom. The molecule has 1 aromatic heterocycles. The largest absolute Gasteiger partial charge is 0.491 e. The van der Waals surface area contributed by atoms with Crippen LogP contribution in [-0.2, 0) is 4.74 Å². The fourth-order valence-corrected chi connectivity index (χ4v) is 2.68. The van der Waals surface area contributed by atoms with E-state index in [4.69, 9.17) is 9.47 Å². The van der Waals surface area contributed by atoms with Crippen LogP contribution in [0.1, 0.15) is 43.1 Å². The Bertz CT molecular complexity index is 673. The number of aromatic nitrogens is 2. The molecule has 1 unspecified atom stereocenters. The van der Waals surface area contributed by atoms with Gasteiger partial charge in [0.2, 0.25) is 0 Å². The highest BCUT2D eigenvalue weighted by Gasteiger charge is 2.16. The fraction of sp³-hybridized carbons (Fsp3) is 0.444. The second-order valence-corrected chi connectivity index (χ2v) is 6.18. The zero-order chi connectivity index (χ0) is 16.9. The summed E-state index contributed by atoms with van der Waals surface area (Å²) < 4.78 is 13.0. The van der Waals surface area contributed by atoms with Gasteiger partial charge in [0.05, 0.1) is 12.3 Å². The van der Waals surface area contributed by atoms with Crippen molar-refractivity contribution in [3.63, 3.8) is 0 Å². The average molecular weight is 329 g/mol. The van der Waals surface area contributed by atoms with Gasteiger partial charge in [-0.2, -0.15) is 5.10 Å². The van der Waals surface area contributed by atoms with E-state index < -0.39 is 0 Å². The molecule has 1 N–H and O–H groups in total. The predicted molar refractivity (Wildman–Crippen MR) is 91.5 cm³/mol. The van der Waals surface area contributed by atoms with Gasteiger partial charge in [-0.25, -0.2) is 4.68 Å². The van der Waals surface area contributed by atoms with E-state index in [1.807, 2.05) is 26.0 Å². The number of amides is 1. The van der Waals surface area contributed by atoms with Gasteiger partial charge >= 0.3 is 0 Å². The van der Waals surface area contributed by atoms with E-state index in [9.17, 15) is 4.79 Å². The van der Waals surface area contributed by atoms with E-state index in [0.717, 1.165) is 25.2 Å². The summed E-state index contributed by atoms with van der Waals surface area (Å²) in [6.07, 6.45) is 4.01. The third-order valence-electron chi connectivity index (χ3n) is 3.98. The van der Waals surface area contributed by atoms with Crippen LogP contribution in [0.4, 0.5) is 5.82 Å². The van der Waals surface area contributed by atoms with Gasteiger partial charge < -0.3 is 14.8 Å². The van der Waals surface area contributed by atoms with Crippen molar-refractivity contribution in [1.29, 1.82) is 0 Å². The molecule has 6 nitrogen and oxygen atoms in total. The molecule has 6 heteroatoms. The maximum atomic E-state index is 12.4. The Balaban J connectivity index is 1.58. The molecular formula is C18H23N3O3. The molecule has 1 aromatic carbocycles. The molecule has 1 atom stereocenters. The van der Waals surface area contributed by atoms with Crippen LogP contribution in [0, 0.1) is 0 Å². The number of rotatable bonds is 6. The number of carbonyl (C=O) groups excluding carboxylic acids is 1. The van der Waals surface area contributed by atoms with Crippen molar-refractivity contribution in [1.82, 2.24) is 9.78 Å². The van der Waals surface area contributed by atoms with Gasteiger partial charge in [0.25, 0.3) is 5.91 Å². The lowest BCUT2D eigenvalue weighted by Gasteiger charge is -2.13. The monoisotopic (exact) mass is 329 g/mol. The molecule has 0 spiro atoms. The van der Waals surface area contributed by atoms with Crippen molar-refractivity contribution in [2.24, 2.45) is 0 Å². The quantitative estimate of drug-likeness (QED) is 0.883. The first kappa shape index (κ1) is 16.5. The Morgan fingerprint density at radius 1 is 1.38 bits per heavy atom. The maximum absolute atomic E-state index is 12.4. The van der Waals surface area contributed by atoms with Crippen LogP contribution in [0.15, 0.2) is 36.5 Å². The van der Waals surface area contributed by atoms with E-state index >= 15 is 0 Å². The second-order valence-electron chi connectivity index (χ2n) is 6.18. The molecule has 0 bridgehead atoms. The van der Waals surface area contributed by atoms with E-state index in [1.165, 1.54) is 0 Å². The molecule has 0 radical (unpaired) electrons. The fourth-order valence-electron chi connectivity index (χ4n) is 2.68. The van der Waals surface area contributed by atoms with Gasteiger partial charge in [0.15, 0.2) is 0 Å². The highest BCUT2D eigenvalue weighted by Crippen LogP contribution is 2.18. The molecular weight excluding hydrogens is 306 g/mol. The lowest BCUT2D eigenvalue weighted by atomic mass is 10.2. The van der Waals surface area contributed by atoms with Gasteiger partial charge in [0.1, 0.15) is 18.2 Å². The lowest BCUT2D eigenvalue weighted by molar-refractivity contribution is 0.0679. The number of hydrogen-bond donors (Lipinski definition) is 1. The Hall–Kier alpha value is -2.34. The topological polar surface area (TPSA) is 65.4 Å². The molecule has 1 fully saturated rings.